The van der Waals surface area contributed by atoms with Crippen molar-refractivity contribution in [1.29, 1.82) is 0 Å². The quantitative estimate of drug-likeness (QED) is 0.812. The number of aryl methyl sites for hydroxylation is 1. The summed E-state index contributed by atoms with van der Waals surface area (Å²) < 4.78 is 1.96. The van der Waals surface area contributed by atoms with Gasteiger partial charge in [0.15, 0.2) is 0 Å². The van der Waals surface area contributed by atoms with Crippen molar-refractivity contribution < 1.29 is 4.79 Å². The van der Waals surface area contributed by atoms with Gasteiger partial charge in [-0.1, -0.05) is 31.9 Å². The van der Waals surface area contributed by atoms with E-state index >= 15 is 0 Å². The van der Waals surface area contributed by atoms with Gasteiger partial charge in [0.2, 0.25) is 0 Å². The topological polar surface area (TPSA) is 29.1 Å². The summed E-state index contributed by atoms with van der Waals surface area (Å²) in [7, 11) is 0. The molecule has 0 saturated carbocycles. The molecule has 0 aromatic heterocycles. The number of halogens is 2. The van der Waals surface area contributed by atoms with Gasteiger partial charge in [-0.05, 0) is 55.0 Å². The van der Waals surface area contributed by atoms with Crippen LogP contribution in [0.4, 0.5) is 5.69 Å². The van der Waals surface area contributed by atoms with Crippen LogP contribution in [0.1, 0.15) is 15.9 Å². The van der Waals surface area contributed by atoms with Crippen molar-refractivity contribution in [2.24, 2.45) is 0 Å². The summed E-state index contributed by atoms with van der Waals surface area (Å²) in [6.07, 6.45) is 0. The number of amides is 1. The first-order chi connectivity index (χ1) is 8.56. The van der Waals surface area contributed by atoms with E-state index in [1.54, 1.807) is 12.1 Å². The van der Waals surface area contributed by atoms with E-state index in [2.05, 4.69) is 37.2 Å². The molecule has 2 aromatic rings. The van der Waals surface area contributed by atoms with Gasteiger partial charge in [-0.15, -0.1) is 0 Å². The molecule has 2 rings (SSSR count). The van der Waals surface area contributed by atoms with Crippen LogP contribution in [0.15, 0.2) is 51.4 Å². The molecule has 4 heteroatoms. The lowest BCUT2D eigenvalue weighted by molar-refractivity contribution is 0.102. The fourth-order valence-corrected chi connectivity index (χ4v) is 2.30. The van der Waals surface area contributed by atoms with Gasteiger partial charge in [0.25, 0.3) is 5.91 Å². The van der Waals surface area contributed by atoms with E-state index in [4.69, 9.17) is 0 Å². The maximum atomic E-state index is 12.0. The van der Waals surface area contributed by atoms with Gasteiger partial charge >= 0.3 is 0 Å². The summed E-state index contributed by atoms with van der Waals surface area (Å²) in [5.41, 5.74) is 2.49. The molecule has 0 atom stereocenters. The van der Waals surface area contributed by atoms with Gasteiger partial charge in [0.1, 0.15) is 0 Å². The van der Waals surface area contributed by atoms with Crippen LogP contribution >= 0.6 is 31.9 Å². The number of nitrogens with one attached hydrogen (secondary N) is 1. The van der Waals surface area contributed by atoms with Crippen LogP contribution in [0.3, 0.4) is 0 Å². The lowest BCUT2D eigenvalue weighted by Gasteiger charge is -2.08. The molecule has 1 amide bonds. The fraction of sp³-hybridized carbons (Fsp3) is 0.0714. The van der Waals surface area contributed by atoms with Crippen LogP contribution in [0, 0.1) is 6.92 Å². The van der Waals surface area contributed by atoms with Gasteiger partial charge in [-0.2, -0.15) is 0 Å². The van der Waals surface area contributed by atoms with Gasteiger partial charge in [-0.3, -0.25) is 4.79 Å². The molecule has 0 fully saturated rings. The molecule has 1 N–H and O–H groups in total. The van der Waals surface area contributed by atoms with Crippen LogP contribution in [-0.4, -0.2) is 5.91 Å². The molecule has 18 heavy (non-hydrogen) atoms. The Balaban J connectivity index is 2.18. The van der Waals surface area contributed by atoms with Gasteiger partial charge < -0.3 is 5.32 Å². The van der Waals surface area contributed by atoms with E-state index in [1.807, 2.05) is 37.3 Å². The first-order valence-corrected chi connectivity index (χ1v) is 6.98. The summed E-state index contributed by atoms with van der Waals surface area (Å²) in [6.45, 7) is 1.96. The Morgan fingerprint density at radius 3 is 2.22 bits per heavy atom. The fourth-order valence-electron chi connectivity index (χ4n) is 1.56. The largest absolute Gasteiger partial charge is 0.322 e. The number of carbonyl (C=O) groups excluding carboxylic acids is 1. The Morgan fingerprint density at radius 2 is 1.61 bits per heavy atom. The summed E-state index contributed by atoms with van der Waals surface area (Å²) in [6, 6.07) is 13.0. The summed E-state index contributed by atoms with van der Waals surface area (Å²) >= 11 is 6.74. The number of anilines is 1. The lowest BCUT2D eigenvalue weighted by Crippen LogP contribution is -2.12. The molecule has 2 nitrogen and oxygen atoms in total. The molecule has 0 radical (unpaired) electrons. The third-order valence-corrected chi connectivity index (χ3v) is 3.56. The third-order valence-electron chi connectivity index (χ3n) is 2.54. The van der Waals surface area contributed by atoms with E-state index in [1.165, 1.54) is 0 Å². The summed E-state index contributed by atoms with van der Waals surface area (Å²) in [5, 5.41) is 2.90. The molecule has 0 bridgehead atoms. The minimum Gasteiger partial charge on any atom is -0.322 e. The first kappa shape index (κ1) is 13.3. The molecular weight excluding hydrogens is 358 g/mol. The van der Waals surface area contributed by atoms with Crippen molar-refractivity contribution in [1.82, 2.24) is 0 Å². The van der Waals surface area contributed by atoms with Crippen LogP contribution in [0.25, 0.3) is 0 Å². The third kappa shape index (κ3) is 3.21. The van der Waals surface area contributed by atoms with E-state index in [0.29, 0.717) is 5.56 Å². The standard InChI is InChI=1S/C14H11Br2NO/c1-9-8-12(16)6-7-13(9)17-14(18)10-2-4-11(15)5-3-10/h2-8H,1H3,(H,17,18). The minimum absolute atomic E-state index is 0.104. The number of hydrogen-bond donors (Lipinski definition) is 1. The van der Waals surface area contributed by atoms with Gasteiger partial charge in [0.05, 0.1) is 0 Å². The van der Waals surface area contributed by atoms with E-state index in [0.717, 1.165) is 20.2 Å². The van der Waals surface area contributed by atoms with Crippen molar-refractivity contribution in [2.45, 2.75) is 6.92 Å². The maximum absolute atomic E-state index is 12.0. The smallest absolute Gasteiger partial charge is 0.255 e. The highest BCUT2D eigenvalue weighted by Gasteiger charge is 2.07. The van der Waals surface area contributed by atoms with E-state index < -0.39 is 0 Å². The van der Waals surface area contributed by atoms with Crippen molar-refractivity contribution in [3.63, 3.8) is 0 Å². The maximum Gasteiger partial charge on any atom is 0.255 e. The molecular formula is C14H11Br2NO. The Kier molecular flexibility index (Phi) is 4.19. The number of benzene rings is 2. The zero-order valence-corrected chi connectivity index (χ0v) is 12.9. The SMILES string of the molecule is Cc1cc(Br)ccc1NC(=O)c1ccc(Br)cc1. The molecule has 0 spiro atoms. The molecule has 0 saturated heterocycles. The van der Waals surface area contributed by atoms with Crippen molar-refractivity contribution in [3.05, 3.63) is 62.5 Å². The van der Waals surface area contributed by atoms with Crippen LogP contribution in [0.5, 0.6) is 0 Å². The zero-order chi connectivity index (χ0) is 13.1. The predicted molar refractivity (Wildman–Crippen MR) is 81.0 cm³/mol. The second-order valence-electron chi connectivity index (χ2n) is 3.92. The van der Waals surface area contributed by atoms with E-state index in [9.17, 15) is 4.79 Å². The second-order valence-corrected chi connectivity index (χ2v) is 5.75. The highest BCUT2D eigenvalue weighted by molar-refractivity contribution is 9.10. The molecule has 92 valence electrons. The number of carbonyl (C=O) groups is 1. The Hall–Kier alpha value is -1.13. The van der Waals surface area contributed by atoms with E-state index in [-0.39, 0.29) is 5.91 Å². The molecule has 0 aliphatic heterocycles. The lowest BCUT2D eigenvalue weighted by atomic mass is 10.1. The highest BCUT2D eigenvalue weighted by Crippen LogP contribution is 2.21. The van der Waals surface area contributed by atoms with Gasteiger partial charge in [0, 0.05) is 20.2 Å². The van der Waals surface area contributed by atoms with Crippen molar-refractivity contribution in [2.75, 3.05) is 5.32 Å². The summed E-state index contributed by atoms with van der Waals surface area (Å²) in [5.74, 6) is -0.104. The van der Waals surface area contributed by atoms with Crippen molar-refractivity contribution in [3.8, 4) is 0 Å². The molecule has 0 aliphatic rings. The summed E-state index contributed by atoms with van der Waals surface area (Å²) in [4.78, 5) is 12.0. The molecule has 0 heterocycles. The average Bonchev–Trinajstić information content (AvgIpc) is 2.33. The van der Waals surface area contributed by atoms with Crippen molar-refractivity contribution >= 4 is 43.5 Å². The van der Waals surface area contributed by atoms with Crippen LogP contribution in [0.2, 0.25) is 0 Å². The zero-order valence-electron chi connectivity index (χ0n) is 9.71. The normalized spacial score (nSPS) is 10.2. The van der Waals surface area contributed by atoms with Crippen LogP contribution in [-0.2, 0) is 0 Å². The minimum atomic E-state index is -0.104. The number of rotatable bonds is 2. The van der Waals surface area contributed by atoms with Crippen LogP contribution < -0.4 is 5.32 Å². The molecule has 2 aromatic carbocycles. The molecule has 0 unspecified atom stereocenters. The monoisotopic (exact) mass is 367 g/mol. The average molecular weight is 369 g/mol. The Labute approximate surface area is 123 Å². The Morgan fingerprint density at radius 1 is 1.00 bits per heavy atom. The Bertz CT molecular complexity index is 579. The predicted octanol–water partition coefficient (Wildman–Crippen LogP) is 4.77. The first-order valence-electron chi connectivity index (χ1n) is 5.39. The van der Waals surface area contributed by atoms with Gasteiger partial charge in [-0.25, -0.2) is 0 Å². The highest BCUT2D eigenvalue weighted by atomic mass is 79.9. The number of hydrogen-bond acceptors (Lipinski definition) is 1. The second kappa shape index (κ2) is 5.67. The molecule has 0 aliphatic carbocycles.